The summed E-state index contributed by atoms with van der Waals surface area (Å²) >= 11 is 0. The second-order valence-electron chi connectivity index (χ2n) is 6.44. The van der Waals surface area contributed by atoms with E-state index in [1.165, 1.54) is 4.80 Å². The van der Waals surface area contributed by atoms with Gasteiger partial charge in [0.25, 0.3) is 5.91 Å². The number of amides is 2. The molecule has 26 heavy (non-hydrogen) atoms. The van der Waals surface area contributed by atoms with Crippen LogP contribution in [0.2, 0.25) is 0 Å². The maximum Gasteiger partial charge on any atom is 0.274 e. The number of tetrazole rings is 1. The summed E-state index contributed by atoms with van der Waals surface area (Å²) in [5.41, 5.74) is 6.50. The van der Waals surface area contributed by atoms with Crippen molar-refractivity contribution in [1.29, 1.82) is 0 Å². The van der Waals surface area contributed by atoms with E-state index in [0.717, 1.165) is 0 Å². The van der Waals surface area contributed by atoms with Crippen LogP contribution in [0.15, 0.2) is 18.3 Å². The van der Waals surface area contributed by atoms with Crippen molar-refractivity contribution in [2.75, 3.05) is 12.3 Å². The lowest BCUT2D eigenvalue weighted by Gasteiger charge is -2.37. The first-order chi connectivity index (χ1) is 12.4. The average molecular weight is 358 g/mol. The number of likely N-dealkylation sites (tertiary alicyclic amines) is 1. The maximum atomic E-state index is 12.7. The number of hydrogen-bond acceptors (Lipinski definition) is 7. The molecule has 3 N–H and O–H groups in total. The smallest absolute Gasteiger partial charge is 0.274 e. The van der Waals surface area contributed by atoms with Crippen molar-refractivity contribution >= 4 is 17.5 Å². The van der Waals surface area contributed by atoms with Gasteiger partial charge in [-0.05, 0) is 44.0 Å². The molecule has 2 amide bonds. The molecule has 2 aromatic rings. The first-order valence-electron chi connectivity index (χ1n) is 8.49. The van der Waals surface area contributed by atoms with Gasteiger partial charge in [0.15, 0.2) is 11.5 Å². The highest BCUT2D eigenvalue weighted by Gasteiger charge is 2.31. The molecule has 2 unspecified atom stereocenters. The molecule has 1 aliphatic rings. The van der Waals surface area contributed by atoms with Crippen molar-refractivity contribution < 1.29 is 9.59 Å². The standard InChI is InChI=1S/C16H22N8O2/c1-10-8-12(19-14(25)9-24-21-11(2)20-22-24)5-7-23(10)16(26)15-13(17)4-3-6-18-15/h3-4,6,10,12H,5,7-9,17H2,1-2H3,(H,19,25). The Labute approximate surface area is 150 Å². The van der Waals surface area contributed by atoms with Crippen LogP contribution in [0.1, 0.15) is 36.1 Å². The summed E-state index contributed by atoms with van der Waals surface area (Å²) in [6.07, 6.45) is 2.88. The molecule has 3 rings (SSSR count). The van der Waals surface area contributed by atoms with E-state index in [1.54, 1.807) is 30.2 Å². The Morgan fingerprint density at radius 2 is 2.23 bits per heavy atom. The van der Waals surface area contributed by atoms with Crippen molar-refractivity contribution in [1.82, 2.24) is 35.4 Å². The second-order valence-corrected chi connectivity index (χ2v) is 6.44. The average Bonchev–Trinajstić information content (AvgIpc) is 2.99. The van der Waals surface area contributed by atoms with E-state index in [2.05, 4.69) is 25.7 Å². The monoisotopic (exact) mass is 358 g/mol. The molecule has 10 nitrogen and oxygen atoms in total. The minimum Gasteiger partial charge on any atom is -0.397 e. The van der Waals surface area contributed by atoms with Gasteiger partial charge < -0.3 is 16.0 Å². The summed E-state index contributed by atoms with van der Waals surface area (Å²) < 4.78 is 0. The number of aryl methyl sites for hydroxylation is 1. The lowest BCUT2D eigenvalue weighted by Crippen LogP contribution is -2.51. The number of nitrogens with zero attached hydrogens (tertiary/aromatic N) is 6. The first-order valence-corrected chi connectivity index (χ1v) is 8.49. The molecular weight excluding hydrogens is 336 g/mol. The fourth-order valence-corrected chi connectivity index (χ4v) is 3.13. The molecule has 2 atom stereocenters. The number of nitrogen functional groups attached to an aromatic ring is 1. The number of pyridine rings is 1. The van der Waals surface area contributed by atoms with Crippen LogP contribution in [0.25, 0.3) is 0 Å². The molecule has 0 bridgehead atoms. The number of carbonyl (C=O) groups is 2. The van der Waals surface area contributed by atoms with Gasteiger partial charge >= 0.3 is 0 Å². The summed E-state index contributed by atoms with van der Waals surface area (Å²) in [5, 5.41) is 14.5. The quantitative estimate of drug-likeness (QED) is 0.771. The molecule has 3 heterocycles. The molecular formula is C16H22N8O2. The number of carbonyl (C=O) groups excluding carboxylic acids is 2. The van der Waals surface area contributed by atoms with Gasteiger partial charge in [-0.3, -0.25) is 9.59 Å². The van der Waals surface area contributed by atoms with Crippen molar-refractivity contribution in [3.05, 3.63) is 29.8 Å². The molecule has 0 radical (unpaired) electrons. The van der Waals surface area contributed by atoms with E-state index in [9.17, 15) is 9.59 Å². The fourth-order valence-electron chi connectivity index (χ4n) is 3.13. The van der Waals surface area contributed by atoms with Gasteiger partial charge in [-0.25, -0.2) is 4.98 Å². The Hall–Kier alpha value is -3.04. The lowest BCUT2D eigenvalue weighted by molar-refractivity contribution is -0.123. The fraction of sp³-hybridized carbons (Fsp3) is 0.500. The van der Waals surface area contributed by atoms with E-state index in [4.69, 9.17) is 5.73 Å². The van der Waals surface area contributed by atoms with Crippen LogP contribution < -0.4 is 11.1 Å². The van der Waals surface area contributed by atoms with E-state index >= 15 is 0 Å². The van der Waals surface area contributed by atoms with Crippen LogP contribution in [0.4, 0.5) is 5.69 Å². The summed E-state index contributed by atoms with van der Waals surface area (Å²) in [6.45, 7) is 4.22. The van der Waals surface area contributed by atoms with Crippen LogP contribution in [0, 0.1) is 6.92 Å². The molecule has 1 fully saturated rings. The van der Waals surface area contributed by atoms with Crippen molar-refractivity contribution in [3.8, 4) is 0 Å². The largest absolute Gasteiger partial charge is 0.397 e. The second kappa shape index (κ2) is 7.46. The third-order valence-corrected chi connectivity index (χ3v) is 4.38. The molecule has 0 saturated carbocycles. The van der Waals surface area contributed by atoms with Crippen molar-refractivity contribution in [2.45, 2.75) is 45.3 Å². The molecule has 138 valence electrons. The summed E-state index contributed by atoms with van der Waals surface area (Å²) in [6, 6.07) is 3.32. The predicted octanol–water partition coefficient (Wildman–Crippen LogP) is -0.232. The number of piperidine rings is 1. The zero-order chi connectivity index (χ0) is 18.7. The Balaban J connectivity index is 1.55. The van der Waals surface area contributed by atoms with E-state index < -0.39 is 0 Å². The number of anilines is 1. The van der Waals surface area contributed by atoms with E-state index in [-0.39, 0.29) is 36.1 Å². The number of rotatable bonds is 4. The Kier molecular flexibility index (Phi) is 5.10. The minimum absolute atomic E-state index is 0.00718. The molecule has 1 saturated heterocycles. The van der Waals surface area contributed by atoms with Crippen molar-refractivity contribution in [2.24, 2.45) is 0 Å². The highest BCUT2D eigenvalue weighted by molar-refractivity contribution is 5.97. The molecule has 2 aromatic heterocycles. The van der Waals surface area contributed by atoms with Gasteiger partial charge in [-0.2, -0.15) is 4.80 Å². The molecule has 0 spiro atoms. The first kappa shape index (κ1) is 17.8. The zero-order valence-corrected chi connectivity index (χ0v) is 14.8. The number of nitrogens with one attached hydrogen (secondary N) is 1. The Morgan fingerprint density at radius 1 is 1.42 bits per heavy atom. The van der Waals surface area contributed by atoms with Crippen LogP contribution in [0.3, 0.4) is 0 Å². The Bertz CT molecular complexity index is 805. The summed E-state index contributed by atoms with van der Waals surface area (Å²) in [4.78, 5) is 31.9. The predicted molar refractivity (Wildman–Crippen MR) is 92.9 cm³/mol. The topological polar surface area (TPSA) is 132 Å². The Morgan fingerprint density at radius 3 is 2.88 bits per heavy atom. The van der Waals surface area contributed by atoms with Gasteiger partial charge in [0.05, 0.1) is 5.69 Å². The molecule has 10 heteroatoms. The number of aromatic nitrogens is 5. The minimum atomic E-state index is -0.178. The van der Waals surface area contributed by atoms with Crippen molar-refractivity contribution in [3.63, 3.8) is 0 Å². The summed E-state index contributed by atoms with van der Waals surface area (Å²) in [5.74, 6) is 0.169. The highest BCUT2D eigenvalue weighted by Crippen LogP contribution is 2.21. The van der Waals surface area contributed by atoms with Crippen LogP contribution in [-0.4, -0.2) is 60.5 Å². The third-order valence-electron chi connectivity index (χ3n) is 4.38. The third kappa shape index (κ3) is 3.95. The van der Waals surface area contributed by atoms with E-state index in [1.807, 2.05) is 6.92 Å². The van der Waals surface area contributed by atoms with Gasteiger partial charge in [0.2, 0.25) is 5.91 Å². The van der Waals surface area contributed by atoms with Crippen LogP contribution in [-0.2, 0) is 11.3 Å². The highest BCUT2D eigenvalue weighted by atomic mass is 16.2. The molecule has 1 aliphatic heterocycles. The zero-order valence-electron chi connectivity index (χ0n) is 14.8. The maximum absolute atomic E-state index is 12.7. The normalized spacial score (nSPS) is 20.0. The van der Waals surface area contributed by atoms with Gasteiger partial charge in [-0.15, -0.1) is 10.2 Å². The van der Waals surface area contributed by atoms with Gasteiger partial charge in [0, 0.05) is 24.8 Å². The van der Waals surface area contributed by atoms with Gasteiger partial charge in [0.1, 0.15) is 6.54 Å². The number of nitrogens with two attached hydrogens (primary N) is 1. The molecule has 0 aliphatic carbocycles. The SMILES string of the molecule is Cc1nnn(CC(=O)NC2CCN(C(=O)c3ncccc3N)C(C)C2)n1. The molecule has 0 aromatic carbocycles. The van der Waals surface area contributed by atoms with Crippen LogP contribution >= 0.6 is 0 Å². The van der Waals surface area contributed by atoms with Crippen LogP contribution in [0.5, 0.6) is 0 Å². The number of hydrogen-bond donors (Lipinski definition) is 2. The lowest BCUT2D eigenvalue weighted by atomic mass is 9.97. The van der Waals surface area contributed by atoms with E-state index in [0.29, 0.717) is 30.9 Å². The van der Waals surface area contributed by atoms with Gasteiger partial charge in [-0.1, -0.05) is 0 Å². The summed E-state index contributed by atoms with van der Waals surface area (Å²) in [7, 11) is 0.